The van der Waals surface area contributed by atoms with Gasteiger partial charge in [-0.2, -0.15) is 0 Å². The maximum absolute atomic E-state index is 13.2. The minimum absolute atomic E-state index is 0.0142. The van der Waals surface area contributed by atoms with Gasteiger partial charge in [0.05, 0.1) is 18.3 Å². The molecule has 1 aliphatic heterocycles. The third-order valence-corrected chi connectivity index (χ3v) is 3.37. The van der Waals surface area contributed by atoms with Crippen LogP contribution in [0.2, 0.25) is 5.15 Å². The molecule has 0 atom stereocenters. The van der Waals surface area contributed by atoms with Crippen molar-refractivity contribution in [1.82, 2.24) is 19.4 Å². The second-order valence-electron chi connectivity index (χ2n) is 4.26. The Morgan fingerprint density at radius 2 is 2.21 bits per heavy atom. The van der Waals surface area contributed by atoms with Crippen LogP contribution in [-0.4, -0.2) is 31.9 Å². The molecule has 0 aliphatic carbocycles. The van der Waals surface area contributed by atoms with Gasteiger partial charge in [0, 0.05) is 25.5 Å². The molecule has 0 N–H and O–H groups in total. The number of hydrogen-bond donors (Lipinski definition) is 0. The van der Waals surface area contributed by atoms with Gasteiger partial charge < -0.3 is 9.47 Å². The fourth-order valence-electron chi connectivity index (χ4n) is 2.09. The summed E-state index contributed by atoms with van der Waals surface area (Å²) >= 11 is 5.84. The van der Waals surface area contributed by atoms with Crippen LogP contribution in [0.5, 0.6) is 0 Å². The first-order chi connectivity index (χ1) is 9.15. The summed E-state index contributed by atoms with van der Waals surface area (Å²) < 4.78 is 15.1. The molecule has 3 heterocycles. The van der Waals surface area contributed by atoms with Crippen LogP contribution >= 0.6 is 11.6 Å². The van der Waals surface area contributed by atoms with E-state index in [2.05, 4.69) is 9.97 Å². The van der Waals surface area contributed by atoms with E-state index < -0.39 is 5.82 Å². The smallest absolute Gasteiger partial charge is 0.257 e. The first kappa shape index (κ1) is 12.1. The van der Waals surface area contributed by atoms with Gasteiger partial charge in [-0.05, 0) is 6.07 Å². The van der Waals surface area contributed by atoms with E-state index in [1.54, 1.807) is 11.1 Å². The number of amides is 1. The average Bonchev–Trinajstić information content (AvgIpc) is 2.88. The van der Waals surface area contributed by atoms with Crippen molar-refractivity contribution in [3.63, 3.8) is 0 Å². The van der Waals surface area contributed by atoms with E-state index in [9.17, 15) is 9.18 Å². The molecule has 1 aliphatic rings. The highest BCUT2D eigenvalue weighted by Gasteiger charge is 2.24. The van der Waals surface area contributed by atoms with Crippen LogP contribution in [-0.2, 0) is 13.1 Å². The number of rotatable bonds is 1. The van der Waals surface area contributed by atoms with Crippen LogP contribution in [0.1, 0.15) is 16.2 Å². The van der Waals surface area contributed by atoms with Crippen LogP contribution in [0.25, 0.3) is 0 Å². The molecular weight excluding hydrogens is 271 g/mol. The average molecular weight is 281 g/mol. The van der Waals surface area contributed by atoms with Crippen LogP contribution in [0.15, 0.2) is 24.7 Å². The predicted molar refractivity (Wildman–Crippen MR) is 66.2 cm³/mol. The Hall–Kier alpha value is -1.95. The van der Waals surface area contributed by atoms with Crippen LogP contribution < -0.4 is 0 Å². The Kier molecular flexibility index (Phi) is 2.94. The molecule has 0 fully saturated rings. The molecule has 0 radical (unpaired) electrons. The normalized spacial score (nSPS) is 14.3. The van der Waals surface area contributed by atoms with Crippen molar-refractivity contribution >= 4 is 17.5 Å². The Labute approximate surface area is 113 Å². The molecule has 7 heteroatoms. The molecule has 0 aromatic carbocycles. The summed E-state index contributed by atoms with van der Waals surface area (Å²) in [6, 6.07) is 1.11. The second-order valence-corrected chi connectivity index (χ2v) is 4.61. The number of carbonyl (C=O) groups excluding carboxylic acids is 1. The molecule has 19 heavy (non-hydrogen) atoms. The summed E-state index contributed by atoms with van der Waals surface area (Å²) in [7, 11) is 0. The van der Waals surface area contributed by atoms with E-state index in [1.165, 1.54) is 0 Å². The van der Waals surface area contributed by atoms with Crippen molar-refractivity contribution in [2.75, 3.05) is 6.54 Å². The highest BCUT2D eigenvalue weighted by atomic mass is 35.5. The highest BCUT2D eigenvalue weighted by molar-refractivity contribution is 6.32. The number of imidazole rings is 1. The van der Waals surface area contributed by atoms with Crippen LogP contribution in [0.4, 0.5) is 4.39 Å². The minimum Gasteiger partial charge on any atom is -0.332 e. The fourth-order valence-corrected chi connectivity index (χ4v) is 2.27. The monoisotopic (exact) mass is 280 g/mol. The Morgan fingerprint density at radius 1 is 1.37 bits per heavy atom. The summed E-state index contributed by atoms with van der Waals surface area (Å²) in [5.74, 6) is -0.0994. The topological polar surface area (TPSA) is 51.0 Å². The van der Waals surface area contributed by atoms with Gasteiger partial charge >= 0.3 is 0 Å². The third kappa shape index (κ3) is 2.19. The maximum Gasteiger partial charge on any atom is 0.257 e. The largest absolute Gasteiger partial charge is 0.332 e. The summed E-state index contributed by atoms with van der Waals surface area (Å²) in [6.45, 7) is 1.59. The van der Waals surface area contributed by atoms with Gasteiger partial charge in [-0.25, -0.2) is 14.4 Å². The van der Waals surface area contributed by atoms with Crippen molar-refractivity contribution in [2.45, 2.75) is 13.1 Å². The molecule has 0 saturated carbocycles. The minimum atomic E-state index is -0.578. The van der Waals surface area contributed by atoms with Crippen molar-refractivity contribution in [3.8, 4) is 0 Å². The first-order valence-electron chi connectivity index (χ1n) is 5.75. The van der Waals surface area contributed by atoms with Crippen molar-refractivity contribution in [1.29, 1.82) is 0 Å². The summed E-state index contributed by atoms with van der Waals surface area (Å²) in [5.41, 5.74) is 0.0849. The predicted octanol–water partition coefficient (Wildman–Crippen LogP) is 1.73. The number of halogens is 2. The molecule has 98 valence electrons. The summed E-state index contributed by atoms with van der Waals surface area (Å²) in [6.07, 6.45) is 4.55. The number of aromatic nitrogens is 3. The lowest BCUT2D eigenvalue weighted by Gasteiger charge is -2.27. The summed E-state index contributed by atoms with van der Waals surface area (Å²) in [4.78, 5) is 21.7. The zero-order valence-electron chi connectivity index (χ0n) is 9.88. The van der Waals surface area contributed by atoms with Crippen molar-refractivity contribution in [2.24, 2.45) is 0 Å². The number of pyridine rings is 1. The molecule has 2 aromatic heterocycles. The van der Waals surface area contributed by atoms with Gasteiger partial charge in [0.1, 0.15) is 16.8 Å². The van der Waals surface area contributed by atoms with Gasteiger partial charge in [0.25, 0.3) is 5.91 Å². The van der Waals surface area contributed by atoms with E-state index >= 15 is 0 Å². The number of fused-ring (bicyclic) bond motifs is 1. The highest BCUT2D eigenvalue weighted by Crippen LogP contribution is 2.19. The van der Waals surface area contributed by atoms with E-state index in [4.69, 9.17) is 11.6 Å². The first-order valence-corrected chi connectivity index (χ1v) is 6.13. The molecule has 3 rings (SSSR count). The Morgan fingerprint density at radius 3 is 3.05 bits per heavy atom. The molecule has 5 nitrogen and oxygen atoms in total. The van der Waals surface area contributed by atoms with Crippen LogP contribution in [0, 0.1) is 5.82 Å². The van der Waals surface area contributed by atoms with E-state index in [0.717, 1.165) is 18.1 Å². The molecule has 0 unspecified atom stereocenters. The molecule has 1 amide bonds. The standard InChI is InChI=1S/C12H10ClFN4O/c13-11-9(5-8(14)6-16-11)12(19)18-4-3-17-2-1-15-10(17)7-18/h1-2,5-6H,3-4,7H2. The summed E-state index contributed by atoms with van der Waals surface area (Å²) in [5, 5.41) is 0.0142. The zero-order chi connectivity index (χ0) is 13.4. The lowest BCUT2D eigenvalue weighted by molar-refractivity contribution is 0.0706. The van der Waals surface area contributed by atoms with Gasteiger partial charge in [0.15, 0.2) is 0 Å². The van der Waals surface area contributed by atoms with Gasteiger partial charge in [-0.3, -0.25) is 4.79 Å². The van der Waals surface area contributed by atoms with Gasteiger partial charge in [-0.15, -0.1) is 0 Å². The Balaban J connectivity index is 1.87. The lowest BCUT2D eigenvalue weighted by atomic mass is 10.2. The molecular formula is C12H10ClFN4O. The lowest BCUT2D eigenvalue weighted by Crippen LogP contribution is -2.38. The molecule has 2 aromatic rings. The fraction of sp³-hybridized carbons (Fsp3) is 0.250. The van der Waals surface area contributed by atoms with Crippen molar-refractivity contribution in [3.05, 3.63) is 47.0 Å². The van der Waals surface area contributed by atoms with Gasteiger partial charge in [-0.1, -0.05) is 11.6 Å². The van der Waals surface area contributed by atoms with Crippen molar-refractivity contribution < 1.29 is 9.18 Å². The molecule has 0 spiro atoms. The van der Waals surface area contributed by atoms with Crippen LogP contribution in [0.3, 0.4) is 0 Å². The number of carbonyl (C=O) groups is 1. The van der Waals surface area contributed by atoms with E-state index in [0.29, 0.717) is 19.6 Å². The van der Waals surface area contributed by atoms with E-state index in [-0.39, 0.29) is 16.6 Å². The van der Waals surface area contributed by atoms with Gasteiger partial charge in [0.2, 0.25) is 0 Å². The SMILES string of the molecule is O=C(c1cc(F)cnc1Cl)N1CCn2ccnc2C1. The zero-order valence-corrected chi connectivity index (χ0v) is 10.6. The second kappa shape index (κ2) is 4.62. The molecule has 0 bridgehead atoms. The number of nitrogens with zero attached hydrogens (tertiary/aromatic N) is 4. The molecule has 0 saturated heterocycles. The maximum atomic E-state index is 13.2. The Bertz CT molecular complexity index is 642. The quantitative estimate of drug-likeness (QED) is 0.748. The third-order valence-electron chi connectivity index (χ3n) is 3.07. The number of hydrogen-bond acceptors (Lipinski definition) is 3. The van der Waals surface area contributed by atoms with E-state index in [1.807, 2.05) is 10.8 Å².